The van der Waals surface area contributed by atoms with E-state index in [1.165, 1.54) is 0 Å². The first kappa shape index (κ1) is 13.5. The van der Waals surface area contributed by atoms with Crippen LogP contribution in [0, 0.1) is 0 Å². The summed E-state index contributed by atoms with van der Waals surface area (Å²) in [4.78, 5) is 1.97. The Balaban J connectivity index is 2.08. The molecule has 1 saturated heterocycles. The van der Waals surface area contributed by atoms with Crippen LogP contribution < -0.4 is 10.6 Å². The fraction of sp³-hybridized carbons (Fsp3) is 0.538. The minimum Gasteiger partial charge on any atom is -0.399 e. The second-order valence-electron chi connectivity index (χ2n) is 4.90. The van der Waals surface area contributed by atoms with E-state index in [1.807, 2.05) is 24.1 Å². The average Bonchev–Trinajstić information content (AvgIpc) is 2.28. The van der Waals surface area contributed by atoms with Gasteiger partial charge in [-0.25, -0.2) is 0 Å². The Kier molecular flexibility index (Phi) is 4.00. The van der Waals surface area contributed by atoms with E-state index in [9.17, 15) is 5.11 Å². The fourth-order valence-corrected chi connectivity index (χ4v) is 2.60. The maximum Gasteiger partial charge on any atom is 0.0865 e. The molecule has 100 valence electrons. The highest BCUT2D eigenvalue weighted by atomic mass is 35.5. The molecule has 0 atom stereocenters. The lowest BCUT2D eigenvalue weighted by Gasteiger charge is -2.36. The molecule has 1 heterocycles. The number of hydrogen-bond acceptors (Lipinski definition) is 4. The Hall–Kier alpha value is -0.970. The first-order chi connectivity index (χ1) is 8.50. The topological polar surface area (TPSA) is 58.7 Å². The number of aliphatic hydroxyl groups is 1. The van der Waals surface area contributed by atoms with Crippen LogP contribution in [0.25, 0.3) is 0 Å². The van der Waals surface area contributed by atoms with Crippen molar-refractivity contribution in [3.8, 4) is 0 Å². The van der Waals surface area contributed by atoms with E-state index in [2.05, 4.69) is 0 Å². The average molecular weight is 271 g/mol. The quantitative estimate of drug-likeness (QED) is 0.824. The lowest BCUT2D eigenvalue weighted by molar-refractivity contribution is -0.0572. The third-order valence-corrected chi connectivity index (χ3v) is 3.64. The van der Waals surface area contributed by atoms with Gasteiger partial charge in [0.05, 0.1) is 16.3 Å². The summed E-state index contributed by atoms with van der Waals surface area (Å²) in [5.41, 5.74) is 6.49. The van der Waals surface area contributed by atoms with Crippen molar-refractivity contribution in [1.29, 1.82) is 0 Å². The van der Waals surface area contributed by atoms with Gasteiger partial charge in [-0.05, 0) is 18.2 Å². The van der Waals surface area contributed by atoms with Crippen LogP contribution in [-0.2, 0) is 4.74 Å². The van der Waals surface area contributed by atoms with Crippen molar-refractivity contribution < 1.29 is 9.84 Å². The molecule has 0 aromatic heterocycles. The maximum absolute atomic E-state index is 10.5. The zero-order valence-corrected chi connectivity index (χ0v) is 11.3. The minimum atomic E-state index is -0.697. The third kappa shape index (κ3) is 3.07. The number of nitrogen functional groups attached to an aromatic ring is 1. The molecule has 0 spiro atoms. The number of anilines is 2. The summed E-state index contributed by atoms with van der Waals surface area (Å²) in [7, 11) is 1.92. The van der Waals surface area contributed by atoms with Crippen LogP contribution in [0.1, 0.15) is 12.8 Å². The van der Waals surface area contributed by atoms with Gasteiger partial charge in [-0.2, -0.15) is 0 Å². The first-order valence-electron chi connectivity index (χ1n) is 6.06. The maximum atomic E-state index is 10.5. The molecule has 5 heteroatoms. The lowest BCUT2D eigenvalue weighted by atomic mass is 9.94. The molecular weight excluding hydrogens is 252 g/mol. The minimum absolute atomic E-state index is 0.542. The summed E-state index contributed by atoms with van der Waals surface area (Å²) >= 11 is 6.16. The van der Waals surface area contributed by atoms with E-state index in [4.69, 9.17) is 22.1 Å². The number of nitrogens with two attached hydrogens (primary N) is 1. The summed E-state index contributed by atoms with van der Waals surface area (Å²) in [6.45, 7) is 1.76. The molecule has 0 bridgehead atoms. The molecule has 1 fully saturated rings. The van der Waals surface area contributed by atoms with Crippen LogP contribution in [0.2, 0.25) is 5.02 Å². The van der Waals surface area contributed by atoms with Gasteiger partial charge in [0.2, 0.25) is 0 Å². The SMILES string of the molecule is CN(CC1(O)CCOCC1)c1ccc(N)cc1Cl. The van der Waals surface area contributed by atoms with Gasteiger partial charge in [-0.1, -0.05) is 11.6 Å². The summed E-state index contributed by atoms with van der Waals surface area (Å²) in [5.74, 6) is 0. The molecule has 4 nitrogen and oxygen atoms in total. The van der Waals surface area contributed by atoms with Crippen molar-refractivity contribution in [1.82, 2.24) is 0 Å². The van der Waals surface area contributed by atoms with Crippen molar-refractivity contribution in [3.63, 3.8) is 0 Å². The zero-order chi connectivity index (χ0) is 13.2. The van der Waals surface area contributed by atoms with Gasteiger partial charge in [0, 0.05) is 45.3 Å². The molecule has 0 radical (unpaired) electrons. The van der Waals surface area contributed by atoms with E-state index < -0.39 is 5.60 Å². The standard InChI is InChI=1S/C13H19ClN2O2/c1-16(9-13(17)4-6-18-7-5-13)12-3-2-10(15)8-11(12)14/h2-3,8,17H,4-7,9,15H2,1H3. The Morgan fingerprint density at radius 2 is 2.11 bits per heavy atom. The molecule has 0 unspecified atom stereocenters. The van der Waals surface area contributed by atoms with Crippen molar-refractivity contribution in [2.45, 2.75) is 18.4 Å². The molecule has 0 amide bonds. The van der Waals surface area contributed by atoms with Gasteiger partial charge in [0.15, 0.2) is 0 Å². The van der Waals surface area contributed by atoms with Crippen LogP contribution in [0.5, 0.6) is 0 Å². The smallest absolute Gasteiger partial charge is 0.0865 e. The summed E-state index contributed by atoms with van der Waals surface area (Å²) in [6.07, 6.45) is 1.31. The van der Waals surface area contributed by atoms with E-state index in [-0.39, 0.29) is 0 Å². The van der Waals surface area contributed by atoms with Crippen molar-refractivity contribution >= 4 is 23.0 Å². The van der Waals surface area contributed by atoms with Gasteiger partial charge in [0.1, 0.15) is 0 Å². The Labute approximate surface area is 112 Å². The van der Waals surface area contributed by atoms with Crippen LogP contribution >= 0.6 is 11.6 Å². The van der Waals surface area contributed by atoms with E-state index >= 15 is 0 Å². The molecule has 1 aliphatic heterocycles. The highest BCUT2D eigenvalue weighted by molar-refractivity contribution is 6.33. The Morgan fingerprint density at radius 1 is 1.44 bits per heavy atom. The van der Waals surface area contributed by atoms with Gasteiger partial charge in [0.25, 0.3) is 0 Å². The number of benzene rings is 1. The Morgan fingerprint density at radius 3 is 2.72 bits per heavy atom. The molecule has 1 aliphatic rings. The predicted octanol–water partition coefficient (Wildman–Crippen LogP) is 1.90. The summed E-state index contributed by atoms with van der Waals surface area (Å²) in [5, 5.41) is 11.1. The number of rotatable bonds is 3. The van der Waals surface area contributed by atoms with E-state index in [0.717, 1.165) is 5.69 Å². The molecule has 3 N–H and O–H groups in total. The van der Waals surface area contributed by atoms with Gasteiger partial charge in [-0.3, -0.25) is 0 Å². The van der Waals surface area contributed by atoms with Crippen molar-refractivity contribution in [2.24, 2.45) is 0 Å². The van der Waals surface area contributed by atoms with Gasteiger partial charge >= 0.3 is 0 Å². The molecular formula is C13H19ClN2O2. The largest absolute Gasteiger partial charge is 0.399 e. The molecule has 18 heavy (non-hydrogen) atoms. The monoisotopic (exact) mass is 270 g/mol. The normalized spacial score (nSPS) is 18.6. The highest BCUT2D eigenvalue weighted by Gasteiger charge is 2.31. The summed E-state index contributed by atoms with van der Waals surface area (Å²) < 4.78 is 5.27. The number of nitrogens with zero attached hydrogens (tertiary/aromatic N) is 1. The zero-order valence-electron chi connectivity index (χ0n) is 10.5. The number of ether oxygens (including phenoxy) is 1. The van der Waals surface area contributed by atoms with Crippen LogP contribution in [0.3, 0.4) is 0 Å². The van der Waals surface area contributed by atoms with Gasteiger partial charge in [-0.15, -0.1) is 0 Å². The summed E-state index contributed by atoms with van der Waals surface area (Å²) in [6, 6.07) is 5.41. The fourth-order valence-electron chi connectivity index (χ4n) is 2.27. The third-order valence-electron chi connectivity index (χ3n) is 3.34. The molecule has 1 aromatic rings. The second kappa shape index (κ2) is 5.34. The number of likely N-dealkylation sites (N-methyl/N-ethyl adjacent to an activating group) is 1. The van der Waals surface area contributed by atoms with Crippen molar-refractivity contribution in [2.75, 3.05) is 37.4 Å². The van der Waals surface area contributed by atoms with Gasteiger partial charge < -0.3 is 20.5 Å². The van der Waals surface area contributed by atoms with Crippen LogP contribution in [0.15, 0.2) is 18.2 Å². The highest BCUT2D eigenvalue weighted by Crippen LogP contribution is 2.30. The molecule has 1 aromatic carbocycles. The second-order valence-corrected chi connectivity index (χ2v) is 5.31. The Bertz CT molecular complexity index is 419. The number of halogens is 1. The lowest BCUT2D eigenvalue weighted by Crippen LogP contribution is -2.45. The van der Waals surface area contributed by atoms with Crippen LogP contribution in [-0.4, -0.2) is 37.5 Å². The molecule has 0 aliphatic carbocycles. The molecule has 0 saturated carbocycles. The van der Waals surface area contributed by atoms with E-state index in [1.54, 1.807) is 6.07 Å². The predicted molar refractivity (Wildman–Crippen MR) is 74.1 cm³/mol. The van der Waals surface area contributed by atoms with Crippen LogP contribution in [0.4, 0.5) is 11.4 Å². The van der Waals surface area contributed by atoms with Crippen molar-refractivity contribution in [3.05, 3.63) is 23.2 Å². The van der Waals surface area contributed by atoms with E-state index in [0.29, 0.717) is 43.3 Å². The number of hydrogen-bond donors (Lipinski definition) is 2. The first-order valence-corrected chi connectivity index (χ1v) is 6.44. The molecule has 2 rings (SSSR count).